The molecule has 0 fully saturated rings. The van der Waals surface area contributed by atoms with Gasteiger partial charge in [0.1, 0.15) is 30.6 Å². The maximum atomic E-state index is 13.6. The van der Waals surface area contributed by atoms with Gasteiger partial charge in [0, 0.05) is 18.0 Å². The van der Waals surface area contributed by atoms with Crippen LogP contribution in [0.1, 0.15) is 34.6 Å². The van der Waals surface area contributed by atoms with Gasteiger partial charge in [-0.25, -0.2) is 9.67 Å². The molecule has 1 atom stereocenters. The lowest BCUT2D eigenvalue weighted by Crippen LogP contribution is -2.30. The molecule has 0 bridgehead atoms. The Hall–Kier alpha value is -4.39. The first-order valence-electron chi connectivity index (χ1n) is 11.0. The molecule has 0 N–H and O–H groups in total. The molecule has 0 saturated carbocycles. The largest absolute Gasteiger partial charge is 0.489 e. The van der Waals surface area contributed by atoms with Crippen LogP contribution >= 0.6 is 0 Å². The lowest BCUT2D eigenvalue weighted by atomic mass is 10.1. The molecule has 0 spiro atoms. The molecule has 1 unspecified atom stereocenters. The van der Waals surface area contributed by atoms with E-state index < -0.39 is 0 Å². The van der Waals surface area contributed by atoms with E-state index in [0.717, 1.165) is 28.0 Å². The summed E-state index contributed by atoms with van der Waals surface area (Å²) in [5.41, 5.74) is 3.30. The molecule has 0 aliphatic heterocycles. The first-order chi connectivity index (χ1) is 16.6. The van der Waals surface area contributed by atoms with Crippen molar-refractivity contribution in [3.63, 3.8) is 0 Å². The molecule has 34 heavy (non-hydrogen) atoms. The summed E-state index contributed by atoms with van der Waals surface area (Å²) >= 11 is 0. The second-order valence-corrected chi connectivity index (χ2v) is 8.03. The van der Waals surface area contributed by atoms with E-state index in [0.29, 0.717) is 11.3 Å². The van der Waals surface area contributed by atoms with E-state index in [1.165, 1.54) is 6.33 Å². The Labute approximate surface area is 197 Å². The van der Waals surface area contributed by atoms with Crippen LogP contribution in [0.3, 0.4) is 0 Å². The van der Waals surface area contributed by atoms with E-state index in [1.54, 1.807) is 23.0 Å². The van der Waals surface area contributed by atoms with E-state index in [9.17, 15) is 4.79 Å². The Bertz CT molecular complexity index is 1390. The summed E-state index contributed by atoms with van der Waals surface area (Å²) in [6.07, 6.45) is 3.14. The van der Waals surface area contributed by atoms with E-state index in [4.69, 9.17) is 9.15 Å². The lowest BCUT2D eigenvalue weighted by molar-refractivity contribution is 0.0709. The highest BCUT2D eigenvalue weighted by Crippen LogP contribution is 2.30. The van der Waals surface area contributed by atoms with Crippen LogP contribution in [0.15, 0.2) is 95.9 Å². The minimum Gasteiger partial charge on any atom is -0.489 e. The van der Waals surface area contributed by atoms with Crippen molar-refractivity contribution >= 4 is 16.9 Å². The number of ether oxygens (including phenoxy) is 1. The Morgan fingerprint density at radius 3 is 2.50 bits per heavy atom. The first-order valence-corrected chi connectivity index (χ1v) is 11.0. The molecule has 2 aromatic heterocycles. The van der Waals surface area contributed by atoms with E-state index in [2.05, 4.69) is 10.1 Å². The molecule has 2 heterocycles. The molecule has 3 aromatic carbocycles. The van der Waals surface area contributed by atoms with Gasteiger partial charge in [0.15, 0.2) is 5.76 Å². The number of fused-ring (bicyclic) bond motifs is 1. The molecule has 5 aromatic rings. The van der Waals surface area contributed by atoms with Gasteiger partial charge in [0.25, 0.3) is 5.91 Å². The molecule has 7 nitrogen and oxygen atoms in total. The van der Waals surface area contributed by atoms with Crippen LogP contribution < -0.4 is 4.74 Å². The summed E-state index contributed by atoms with van der Waals surface area (Å²) < 4.78 is 13.7. The number of carbonyl (C=O) groups excluding carboxylic acids is 1. The first kappa shape index (κ1) is 21.5. The van der Waals surface area contributed by atoms with Crippen molar-refractivity contribution in [3.8, 4) is 11.4 Å². The van der Waals surface area contributed by atoms with E-state index in [1.807, 2.05) is 85.8 Å². The number of hydrogen-bond donors (Lipinski definition) is 0. The summed E-state index contributed by atoms with van der Waals surface area (Å²) in [5.74, 6) is 0.835. The van der Waals surface area contributed by atoms with Gasteiger partial charge in [-0.2, -0.15) is 5.10 Å². The molecule has 7 heteroatoms. The summed E-state index contributed by atoms with van der Waals surface area (Å²) in [6, 6.07) is 24.9. The molecule has 170 valence electrons. The van der Waals surface area contributed by atoms with Gasteiger partial charge in [0.05, 0.1) is 11.7 Å². The van der Waals surface area contributed by atoms with Crippen LogP contribution in [0.2, 0.25) is 0 Å². The number of amides is 1. The van der Waals surface area contributed by atoms with Crippen molar-refractivity contribution in [1.82, 2.24) is 19.7 Å². The second-order valence-electron chi connectivity index (χ2n) is 8.03. The monoisotopic (exact) mass is 452 g/mol. The smallest absolute Gasteiger partial charge is 0.290 e. The fraction of sp³-hybridized carbons (Fsp3) is 0.148. The molecule has 0 aliphatic rings. The quantitative estimate of drug-likeness (QED) is 0.329. The second kappa shape index (κ2) is 9.23. The van der Waals surface area contributed by atoms with Crippen molar-refractivity contribution in [3.05, 3.63) is 108 Å². The standard InChI is InChI=1S/C27H24N4O3/c1-19(20-12-14-21(15-13-20)31-18-28-17-29-31)30(2)27(32)26-24(16-33-22-8-4-3-5-9-22)23-10-6-7-11-25(23)34-26/h3-15,17-19H,16H2,1-2H3. The highest BCUT2D eigenvalue weighted by molar-refractivity contribution is 5.99. The Kier molecular flexibility index (Phi) is 5.82. The number of aromatic nitrogens is 3. The lowest BCUT2D eigenvalue weighted by Gasteiger charge is -2.25. The van der Waals surface area contributed by atoms with E-state index in [-0.39, 0.29) is 18.6 Å². The minimum absolute atomic E-state index is 0.173. The van der Waals surface area contributed by atoms with Gasteiger partial charge in [-0.1, -0.05) is 48.5 Å². The fourth-order valence-electron chi connectivity index (χ4n) is 3.89. The maximum Gasteiger partial charge on any atom is 0.290 e. The number of rotatable bonds is 7. The zero-order chi connectivity index (χ0) is 23.5. The van der Waals surface area contributed by atoms with Crippen molar-refractivity contribution < 1.29 is 13.9 Å². The zero-order valence-electron chi connectivity index (χ0n) is 19.0. The van der Waals surface area contributed by atoms with Crippen LogP contribution in [0.4, 0.5) is 0 Å². The fourth-order valence-corrected chi connectivity index (χ4v) is 3.89. The van der Waals surface area contributed by atoms with Crippen molar-refractivity contribution in [2.24, 2.45) is 0 Å². The Morgan fingerprint density at radius 1 is 1.03 bits per heavy atom. The maximum absolute atomic E-state index is 13.6. The van der Waals surface area contributed by atoms with Crippen LogP contribution in [-0.4, -0.2) is 32.6 Å². The van der Waals surface area contributed by atoms with Crippen LogP contribution in [0, 0.1) is 0 Å². The third-order valence-corrected chi connectivity index (χ3v) is 5.98. The molecule has 1 amide bonds. The number of hydrogen-bond acceptors (Lipinski definition) is 5. The third kappa shape index (κ3) is 4.15. The van der Waals surface area contributed by atoms with Gasteiger partial charge in [-0.15, -0.1) is 0 Å². The predicted octanol–water partition coefficient (Wildman–Crippen LogP) is 5.43. The summed E-state index contributed by atoms with van der Waals surface area (Å²) in [7, 11) is 1.79. The summed E-state index contributed by atoms with van der Waals surface area (Å²) in [6.45, 7) is 2.22. The zero-order valence-corrected chi connectivity index (χ0v) is 19.0. The number of nitrogens with zero attached hydrogens (tertiary/aromatic N) is 4. The number of furan rings is 1. The molecule has 0 radical (unpaired) electrons. The topological polar surface area (TPSA) is 73.4 Å². The highest BCUT2D eigenvalue weighted by atomic mass is 16.5. The summed E-state index contributed by atoms with van der Waals surface area (Å²) in [5, 5.41) is 5.03. The van der Waals surface area contributed by atoms with Gasteiger partial charge in [-0.05, 0) is 42.8 Å². The number of para-hydroxylation sites is 2. The normalized spacial score (nSPS) is 11.9. The molecule has 5 rings (SSSR count). The van der Waals surface area contributed by atoms with Crippen molar-refractivity contribution in [1.29, 1.82) is 0 Å². The van der Waals surface area contributed by atoms with Crippen molar-refractivity contribution in [2.45, 2.75) is 19.6 Å². The Morgan fingerprint density at radius 2 is 1.76 bits per heavy atom. The number of benzene rings is 3. The predicted molar refractivity (Wildman–Crippen MR) is 129 cm³/mol. The van der Waals surface area contributed by atoms with Crippen LogP contribution in [0.25, 0.3) is 16.7 Å². The molecule has 0 aliphatic carbocycles. The third-order valence-electron chi connectivity index (χ3n) is 5.98. The average molecular weight is 453 g/mol. The SMILES string of the molecule is CC(c1ccc(-n2cncn2)cc1)N(C)C(=O)c1oc2ccccc2c1COc1ccccc1. The minimum atomic E-state index is -0.198. The molecule has 0 saturated heterocycles. The van der Waals surface area contributed by atoms with Crippen LogP contribution in [-0.2, 0) is 6.61 Å². The van der Waals surface area contributed by atoms with Gasteiger partial charge >= 0.3 is 0 Å². The van der Waals surface area contributed by atoms with E-state index >= 15 is 0 Å². The van der Waals surface area contributed by atoms with Gasteiger partial charge in [-0.3, -0.25) is 4.79 Å². The Balaban J connectivity index is 1.40. The van der Waals surface area contributed by atoms with Gasteiger partial charge in [0.2, 0.25) is 0 Å². The van der Waals surface area contributed by atoms with Crippen LogP contribution in [0.5, 0.6) is 5.75 Å². The summed E-state index contributed by atoms with van der Waals surface area (Å²) in [4.78, 5) is 19.2. The van der Waals surface area contributed by atoms with Crippen molar-refractivity contribution in [2.75, 3.05) is 7.05 Å². The average Bonchev–Trinajstić information content (AvgIpc) is 3.55. The molecular formula is C27H24N4O3. The van der Waals surface area contributed by atoms with Gasteiger partial charge < -0.3 is 14.1 Å². The highest BCUT2D eigenvalue weighted by Gasteiger charge is 2.27. The number of carbonyl (C=O) groups is 1. The molecular weight excluding hydrogens is 428 g/mol.